The van der Waals surface area contributed by atoms with Gasteiger partial charge in [0.15, 0.2) is 0 Å². The van der Waals surface area contributed by atoms with E-state index in [9.17, 15) is 19.0 Å². The minimum atomic E-state index is -4.45. The van der Waals surface area contributed by atoms with Crippen LogP contribution >= 0.6 is 7.82 Å². The fourth-order valence-corrected chi connectivity index (χ4v) is 9.91. The van der Waals surface area contributed by atoms with Crippen molar-refractivity contribution in [3.63, 3.8) is 0 Å². The van der Waals surface area contributed by atoms with Gasteiger partial charge in [-0.25, -0.2) is 4.57 Å². The van der Waals surface area contributed by atoms with E-state index in [0.717, 1.165) is 77.0 Å². The van der Waals surface area contributed by atoms with Gasteiger partial charge < -0.3 is 19.4 Å². The number of amides is 1. The van der Waals surface area contributed by atoms with E-state index in [0.29, 0.717) is 23.9 Å². The summed E-state index contributed by atoms with van der Waals surface area (Å²) in [6, 6.07) is -0.858. The fraction of sp³-hybridized carbons (Fsp3) is 0.818. The minimum absolute atomic E-state index is 0.0357. The zero-order chi connectivity index (χ0) is 55.7. The summed E-state index contributed by atoms with van der Waals surface area (Å²) in [5.41, 5.74) is 0. The van der Waals surface area contributed by atoms with E-state index in [1.165, 1.54) is 180 Å². The molecule has 0 fully saturated rings. The molecule has 0 saturated heterocycles. The first-order chi connectivity index (χ1) is 36.9. The highest BCUT2D eigenvalue weighted by Crippen LogP contribution is 2.43. The third-order valence-corrected chi connectivity index (χ3v) is 15.2. The molecule has 2 N–H and O–H groups in total. The van der Waals surface area contributed by atoms with Gasteiger partial charge >= 0.3 is 13.8 Å². The van der Waals surface area contributed by atoms with E-state index in [1.807, 2.05) is 33.3 Å². The number of ether oxygens (including phenoxy) is 1. The van der Waals surface area contributed by atoms with E-state index < -0.39 is 20.0 Å². The number of nitrogens with zero attached hydrogens (tertiary/aromatic N) is 1. The van der Waals surface area contributed by atoms with Crippen molar-refractivity contribution in [2.45, 2.75) is 309 Å². The molecule has 3 atom stereocenters. The Bertz CT molecular complexity index is 1490. The topological polar surface area (TPSA) is 111 Å². The SMILES string of the molecule is CCCCC/C=C\C/C=C\C/C=C\CCCCCCC(=O)OC(/C=C\CCCCCCCCCCCC)C(COP(=O)(O)OCC[N+](C)(C)C)NC(=O)CCCCCCCCCCCCC/C=C/CCCCCCCC. The van der Waals surface area contributed by atoms with Gasteiger partial charge in [0, 0.05) is 12.8 Å². The lowest BCUT2D eigenvalue weighted by Crippen LogP contribution is -2.47. The lowest BCUT2D eigenvalue weighted by atomic mass is 10.0. The van der Waals surface area contributed by atoms with Crippen LogP contribution in [-0.4, -0.2) is 74.3 Å². The summed E-state index contributed by atoms with van der Waals surface area (Å²) >= 11 is 0. The number of hydrogen-bond donors (Lipinski definition) is 2. The van der Waals surface area contributed by atoms with Crippen LogP contribution in [0.3, 0.4) is 0 Å². The second kappa shape index (κ2) is 56.0. The Balaban J connectivity index is 5.23. The van der Waals surface area contributed by atoms with E-state index in [-0.39, 0.29) is 31.5 Å². The highest BCUT2D eigenvalue weighted by atomic mass is 31.2. The van der Waals surface area contributed by atoms with Crippen molar-refractivity contribution >= 4 is 19.7 Å². The first kappa shape index (κ1) is 73.7. The van der Waals surface area contributed by atoms with Crippen LogP contribution < -0.4 is 5.32 Å². The number of phosphoric ester groups is 1. The van der Waals surface area contributed by atoms with Crippen molar-refractivity contribution in [1.82, 2.24) is 5.32 Å². The molecule has 0 aromatic carbocycles. The second-order valence-electron chi connectivity index (χ2n) is 22.9. The van der Waals surface area contributed by atoms with Crippen molar-refractivity contribution in [2.24, 2.45) is 0 Å². The van der Waals surface area contributed by atoms with Gasteiger partial charge in [0.1, 0.15) is 19.3 Å². The van der Waals surface area contributed by atoms with Gasteiger partial charge in [-0.2, -0.15) is 0 Å². The van der Waals surface area contributed by atoms with Crippen molar-refractivity contribution in [3.8, 4) is 0 Å². The molecule has 3 unspecified atom stereocenters. The summed E-state index contributed by atoms with van der Waals surface area (Å²) < 4.78 is 30.7. The number of quaternary nitrogens is 1. The summed E-state index contributed by atoms with van der Waals surface area (Å²) in [5.74, 6) is -0.524. The molecule has 0 aliphatic heterocycles. The van der Waals surface area contributed by atoms with Crippen molar-refractivity contribution < 1.29 is 37.3 Å². The Kier molecular flexibility index (Phi) is 54.3. The maximum atomic E-state index is 13.6. The molecule has 0 aliphatic carbocycles. The molecule has 0 saturated carbocycles. The Hall–Kier alpha value is -2.29. The van der Waals surface area contributed by atoms with Crippen molar-refractivity contribution in [1.29, 1.82) is 0 Å². The zero-order valence-electron chi connectivity index (χ0n) is 50.7. The molecule has 76 heavy (non-hydrogen) atoms. The number of hydrogen-bond acceptors (Lipinski definition) is 6. The van der Waals surface area contributed by atoms with Crippen molar-refractivity contribution in [2.75, 3.05) is 40.9 Å². The molecule has 10 heteroatoms. The molecule has 0 aromatic heterocycles. The Labute approximate surface area is 471 Å². The number of esters is 1. The quantitative estimate of drug-likeness (QED) is 0.0205. The van der Waals surface area contributed by atoms with Crippen LogP contribution in [-0.2, 0) is 27.9 Å². The molecule has 0 bridgehead atoms. The third-order valence-electron chi connectivity index (χ3n) is 14.2. The van der Waals surface area contributed by atoms with E-state index in [1.54, 1.807) is 0 Å². The smallest absolute Gasteiger partial charge is 0.456 e. The lowest BCUT2D eigenvalue weighted by Gasteiger charge is -2.27. The molecular formula is C66H124N2O7P+. The standard InChI is InChI=1S/C66H123N2O7P/c1-7-10-13-16-19-22-25-28-30-32-33-34-35-37-38-40-43-46-49-52-55-58-65(69)67-63(62-74-76(71,72)73-61-60-68(4,5)6)64(57-54-51-48-45-42-27-24-21-18-15-12-9-3)75-66(70)59-56-53-50-47-44-41-39-36-31-29-26-23-20-17-14-11-8-2/h20,23,28-31,39,41,54,57,63-64H,7-19,21-22,24-27,32-38,40,42-53,55-56,58-62H2,1-6H3,(H-,67,69,71,72)/p+1/b23-20-,30-28+,31-29-,41-39-,57-54-. The number of allylic oxidation sites excluding steroid dienone is 9. The van der Waals surface area contributed by atoms with Gasteiger partial charge in [-0.15, -0.1) is 0 Å². The van der Waals surface area contributed by atoms with E-state index in [4.69, 9.17) is 13.8 Å². The number of carbonyl (C=O) groups is 2. The van der Waals surface area contributed by atoms with Gasteiger partial charge in [-0.1, -0.05) is 249 Å². The maximum absolute atomic E-state index is 13.6. The molecular weight excluding hydrogens is 964 g/mol. The first-order valence-electron chi connectivity index (χ1n) is 32.1. The molecule has 0 aromatic rings. The molecule has 444 valence electrons. The number of likely N-dealkylation sites (N-methyl/N-ethyl adjacent to an activating group) is 1. The van der Waals surface area contributed by atoms with E-state index >= 15 is 0 Å². The normalized spacial score (nSPS) is 14.0. The minimum Gasteiger partial charge on any atom is -0.456 e. The number of carbonyl (C=O) groups excluding carboxylic acids is 2. The Morgan fingerprint density at radius 3 is 1.24 bits per heavy atom. The summed E-state index contributed by atoms with van der Waals surface area (Å²) in [5, 5.41) is 3.06. The number of phosphoric acid groups is 1. The zero-order valence-corrected chi connectivity index (χ0v) is 51.6. The van der Waals surface area contributed by atoms with Gasteiger partial charge in [0.25, 0.3) is 0 Å². The lowest BCUT2D eigenvalue weighted by molar-refractivity contribution is -0.870. The number of nitrogens with one attached hydrogen (secondary N) is 1. The molecule has 9 nitrogen and oxygen atoms in total. The van der Waals surface area contributed by atoms with Gasteiger partial charge in [-0.05, 0) is 96.0 Å². The highest BCUT2D eigenvalue weighted by Gasteiger charge is 2.30. The van der Waals surface area contributed by atoms with E-state index in [2.05, 4.69) is 74.7 Å². The van der Waals surface area contributed by atoms with Crippen LogP contribution in [0.2, 0.25) is 0 Å². The maximum Gasteiger partial charge on any atom is 0.472 e. The molecule has 0 aliphatic rings. The Morgan fingerprint density at radius 2 is 0.803 bits per heavy atom. The van der Waals surface area contributed by atoms with Crippen LogP contribution in [0.15, 0.2) is 60.8 Å². The third kappa shape index (κ3) is 56.4. The molecule has 0 spiro atoms. The predicted octanol–water partition coefficient (Wildman–Crippen LogP) is 19.8. The van der Waals surface area contributed by atoms with Crippen LogP contribution in [0.1, 0.15) is 297 Å². The predicted molar refractivity (Wildman–Crippen MR) is 328 cm³/mol. The second-order valence-corrected chi connectivity index (χ2v) is 24.4. The number of rotatable bonds is 58. The number of unbranched alkanes of at least 4 members (excludes halogenated alkanes) is 34. The van der Waals surface area contributed by atoms with Gasteiger partial charge in [-0.3, -0.25) is 18.6 Å². The van der Waals surface area contributed by atoms with Crippen LogP contribution in [0.4, 0.5) is 0 Å². The molecule has 0 rings (SSSR count). The monoisotopic (exact) mass is 1090 g/mol. The van der Waals surface area contributed by atoms with Crippen LogP contribution in [0.5, 0.6) is 0 Å². The molecule has 0 heterocycles. The molecule has 1 amide bonds. The largest absolute Gasteiger partial charge is 0.472 e. The first-order valence-corrected chi connectivity index (χ1v) is 33.6. The van der Waals surface area contributed by atoms with Gasteiger partial charge in [0.2, 0.25) is 5.91 Å². The summed E-state index contributed by atoms with van der Waals surface area (Å²) in [6.07, 6.45) is 70.7. The Morgan fingerprint density at radius 1 is 0.461 bits per heavy atom. The average molecular weight is 1090 g/mol. The summed E-state index contributed by atoms with van der Waals surface area (Å²) in [4.78, 5) is 37.7. The highest BCUT2D eigenvalue weighted by molar-refractivity contribution is 7.47. The summed E-state index contributed by atoms with van der Waals surface area (Å²) in [7, 11) is 1.49. The van der Waals surface area contributed by atoms with Crippen molar-refractivity contribution in [3.05, 3.63) is 60.8 Å². The fourth-order valence-electron chi connectivity index (χ4n) is 9.18. The van der Waals surface area contributed by atoms with Gasteiger partial charge in [0.05, 0.1) is 33.8 Å². The van der Waals surface area contributed by atoms with Crippen LogP contribution in [0, 0.1) is 0 Å². The molecule has 0 radical (unpaired) electrons. The van der Waals surface area contributed by atoms with Crippen LogP contribution in [0.25, 0.3) is 0 Å². The summed E-state index contributed by atoms with van der Waals surface area (Å²) in [6.45, 7) is 6.99. The average Bonchev–Trinajstić information content (AvgIpc) is 3.38.